The van der Waals surface area contributed by atoms with Gasteiger partial charge in [0.2, 0.25) is 0 Å². The molecule has 1 unspecified atom stereocenters. The van der Waals surface area contributed by atoms with Crippen LogP contribution in [0, 0.1) is 5.82 Å². The van der Waals surface area contributed by atoms with Crippen LogP contribution in [0.1, 0.15) is 48.2 Å². The molecule has 0 bridgehead atoms. The minimum Gasteiger partial charge on any atom is -0.322 e. The summed E-state index contributed by atoms with van der Waals surface area (Å²) in [5, 5.41) is 10.6. The van der Waals surface area contributed by atoms with Gasteiger partial charge in [0.15, 0.2) is 11.5 Å². The van der Waals surface area contributed by atoms with Crippen molar-refractivity contribution in [2.75, 3.05) is 15.8 Å². The van der Waals surface area contributed by atoms with Gasteiger partial charge in [0.1, 0.15) is 0 Å². The number of amides is 1. The Labute approximate surface area is 181 Å². The van der Waals surface area contributed by atoms with Crippen LogP contribution in [0.5, 0.6) is 0 Å². The molecule has 3 aromatic rings. The Bertz CT molecular complexity index is 1180. The van der Waals surface area contributed by atoms with E-state index in [1.807, 2.05) is 6.92 Å². The number of fused-ring (bicyclic) bond motifs is 1. The number of aromatic nitrogens is 3. The minimum absolute atomic E-state index is 0.0317. The molecule has 2 heterocycles. The molecule has 1 saturated carbocycles. The van der Waals surface area contributed by atoms with Crippen molar-refractivity contribution in [2.45, 2.75) is 32.1 Å². The third-order valence-electron chi connectivity index (χ3n) is 4.85. The number of aromatic amines is 1. The smallest absolute Gasteiger partial charge is 0.260 e. The van der Waals surface area contributed by atoms with E-state index in [2.05, 4.69) is 33.7 Å². The summed E-state index contributed by atoms with van der Waals surface area (Å²) < 4.78 is 30.3. The first kappa shape index (κ1) is 21.2. The van der Waals surface area contributed by atoms with E-state index in [1.165, 1.54) is 18.3 Å². The van der Waals surface area contributed by atoms with Gasteiger partial charge in [-0.2, -0.15) is 5.10 Å². The van der Waals surface area contributed by atoms with Crippen molar-refractivity contribution in [3.63, 3.8) is 0 Å². The zero-order chi connectivity index (χ0) is 21.5. The molecule has 1 atom stereocenters. The van der Waals surface area contributed by atoms with Crippen molar-refractivity contribution >= 4 is 58.1 Å². The molecule has 30 heavy (non-hydrogen) atoms. The Morgan fingerprint density at radius 3 is 2.90 bits per heavy atom. The van der Waals surface area contributed by atoms with Gasteiger partial charge in [-0.25, -0.2) is 9.37 Å². The average molecular weight is 470 g/mol. The highest BCUT2D eigenvalue weighted by Gasteiger charge is 2.28. The van der Waals surface area contributed by atoms with E-state index in [9.17, 15) is 9.00 Å². The van der Waals surface area contributed by atoms with E-state index in [1.54, 1.807) is 6.07 Å². The predicted molar refractivity (Wildman–Crippen MR) is 123 cm³/mol. The van der Waals surface area contributed by atoms with Crippen LogP contribution in [-0.4, -0.2) is 31.1 Å². The van der Waals surface area contributed by atoms with E-state index in [0.717, 1.165) is 23.9 Å². The Morgan fingerprint density at radius 1 is 1.43 bits per heavy atom. The highest BCUT2D eigenvalue weighted by atomic mass is 35.5. The molecule has 1 aliphatic rings. The zero-order valence-electron chi connectivity index (χ0n) is 16.2. The molecule has 0 radical (unpaired) electrons. The average Bonchev–Trinajstić information content (AvgIpc) is 3.43. The van der Waals surface area contributed by atoms with Gasteiger partial charge in [-0.1, -0.05) is 18.5 Å². The molecule has 0 aliphatic heterocycles. The highest BCUT2D eigenvalue weighted by molar-refractivity contribution is 8.46. The lowest BCUT2D eigenvalue weighted by molar-refractivity contribution is 0.102. The first-order chi connectivity index (χ1) is 14.3. The van der Waals surface area contributed by atoms with Crippen LogP contribution in [0.2, 0.25) is 5.02 Å². The van der Waals surface area contributed by atoms with Crippen molar-refractivity contribution in [2.24, 2.45) is 0 Å². The monoisotopic (exact) mass is 469 g/mol. The van der Waals surface area contributed by atoms with Crippen LogP contribution < -0.4 is 10.0 Å². The number of hydrogen-bond acceptors (Lipinski definition) is 4. The number of benzene rings is 1. The summed E-state index contributed by atoms with van der Waals surface area (Å²) in [7, 11) is -0.625. The Hall–Kier alpha value is -2.09. The third-order valence-corrected chi connectivity index (χ3v) is 8.06. The minimum atomic E-state index is -2.87. The van der Waals surface area contributed by atoms with Crippen molar-refractivity contribution in [1.82, 2.24) is 15.2 Å². The van der Waals surface area contributed by atoms with Gasteiger partial charge >= 0.3 is 0 Å². The summed E-state index contributed by atoms with van der Waals surface area (Å²) in [6.07, 6.45) is 4.30. The maximum atomic E-state index is 15.1. The first-order valence-corrected chi connectivity index (χ1v) is 13.5. The lowest BCUT2D eigenvalue weighted by atomic mass is 10.1. The number of carbonyl (C=O) groups is 1. The second-order valence-electron chi connectivity index (χ2n) is 7.37. The lowest BCUT2D eigenvalue weighted by Crippen LogP contribution is -2.21. The number of nitrogens with zero attached hydrogens (tertiary/aromatic N) is 2. The van der Waals surface area contributed by atoms with E-state index < -0.39 is 21.5 Å². The number of halogens is 2. The summed E-state index contributed by atoms with van der Waals surface area (Å²) in [6.45, 7) is 1.88. The van der Waals surface area contributed by atoms with Crippen LogP contribution >= 0.6 is 20.0 Å². The quantitative estimate of drug-likeness (QED) is 0.304. The molecule has 1 aliphatic carbocycles. The van der Waals surface area contributed by atoms with Gasteiger partial charge in [0.25, 0.3) is 5.91 Å². The van der Waals surface area contributed by atoms with Gasteiger partial charge in [-0.3, -0.25) is 14.1 Å². The Balaban J connectivity index is 1.61. The number of hydrogen-bond donors (Lipinski definition) is 4. The van der Waals surface area contributed by atoms with Gasteiger partial charge in [-0.15, -0.1) is 0 Å². The molecule has 1 fully saturated rings. The summed E-state index contributed by atoms with van der Waals surface area (Å²) in [5.41, 5.74) is 1.62. The second kappa shape index (κ2) is 8.21. The fourth-order valence-electron chi connectivity index (χ4n) is 3.29. The number of anilines is 2. The topological polar surface area (TPSA) is 99.8 Å². The zero-order valence-corrected chi connectivity index (χ0v) is 19.0. The summed E-state index contributed by atoms with van der Waals surface area (Å²) in [5.74, 6) is -0.782. The van der Waals surface area contributed by atoms with Crippen molar-refractivity contribution in [3.05, 3.63) is 46.5 Å². The van der Waals surface area contributed by atoms with E-state index >= 15 is 4.39 Å². The predicted octanol–water partition coefficient (Wildman–Crippen LogP) is 4.42. The van der Waals surface area contributed by atoms with Gasteiger partial charge < -0.3 is 10.0 Å². The van der Waals surface area contributed by atoms with Crippen LogP contribution in [-0.2, 0) is 9.74 Å². The number of thiol groups is 1. The summed E-state index contributed by atoms with van der Waals surface area (Å²) in [4.78, 5) is 17.1. The van der Waals surface area contributed by atoms with Gasteiger partial charge in [0.05, 0.1) is 33.9 Å². The van der Waals surface area contributed by atoms with E-state index in [4.69, 9.17) is 11.6 Å². The number of pyridine rings is 1. The molecule has 1 amide bonds. The van der Waals surface area contributed by atoms with Crippen LogP contribution in [0.3, 0.4) is 0 Å². The molecule has 11 heteroatoms. The molecule has 1 aromatic carbocycles. The molecular weight excluding hydrogens is 448 g/mol. The lowest BCUT2D eigenvalue weighted by Gasteiger charge is -2.22. The van der Waals surface area contributed by atoms with Crippen molar-refractivity contribution < 1.29 is 13.4 Å². The standard InChI is InChI=1S/C19H22ClFN5O2PS/c1-2-7-30(28,29)26-14-6-5-13(20)15(16(14)21)19(27)23-11-8-12-17(10-3-4-10)24-25-18(12)22-9-11/h5-6,8-10,30H,2-4,7,29H2,1H3,(H,23,27)(H,26,28)(H,22,24,25). The SMILES string of the molecule is CCC[SH](=O)(P)Nc1ccc(Cl)c(C(=O)Nc2cnc3[nH]nc(C4CC4)c3c2)c1F. The summed E-state index contributed by atoms with van der Waals surface area (Å²) in [6, 6.07) is 4.55. The second-order valence-corrected chi connectivity index (χ2v) is 12.5. The maximum absolute atomic E-state index is 15.1. The highest BCUT2D eigenvalue weighted by Crippen LogP contribution is 2.42. The van der Waals surface area contributed by atoms with Crippen LogP contribution in [0.25, 0.3) is 11.0 Å². The first-order valence-electron chi connectivity index (χ1n) is 9.58. The number of carbonyl (C=O) groups excluding carboxylic acids is 1. The number of H-pyrrole nitrogens is 1. The molecule has 7 nitrogen and oxygen atoms in total. The Kier molecular flexibility index (Phi) is 5.79. The largest absolute Gasteiger partial charge is 0.322 e. The molecule has 0 spiro atoms. The normalized spacial score (nSPS) is 14.7. The van der Waals surface area contributed by atoms with Crippen LogP contribution in [0.4, 0.5) is 15.8 Å². The molecular formula is C19H22ClFN5O2PS. The fraction of sp³-hybridized carbons (Fsp3) is 0.316. The molecule has 3 N–H and O–H groups in total. The van der Waals surface area contributed by atoms with Crippen molar-refractivity contribution in [3.8, 4) is 0 Å². The van der Waals surface area contributed by atoms with E-state index in [-0.39, 0.29) is 16.3 Å². The Morgan fingerprint density at radius 2 is 2.20 bits per heavy atom. The van der Waals surface area contributed by atoms with Gasteiger partial charge in [-0.05, 0) is 55.6 Å². The van der Waals surface area contributed by atoms with E-state index in [0.29, 0.717) is 29.4 Å². The molecule has 4 rings (SSSR count). The van der Waals surface area contributed by atoms with Crippen molar-refractivity contribution in [1.29, 1.82) is 0 Å². The molecule has 160 valence electrons. The number of rotatable bonds is 7. The molecule has 0 saturated heterocycles. The maximum Gasteiger partial charge on any atom is 0.260 e. The fourth-order valence-corrected chi connectivity index (χ4v) is 6.07. The summed E-state index contributed by atoms with van der Waals surface area (Å²) >= 11 is 6.11. The third kappa shape index (κ3) is 4.33. The van der Waals surface area contributed by atoms with Gasteiger partial charge in [0, 0.05) is 17.1 Å². The number of nitrogens with one attached hydrogen (secondary N) is 3. The molecule has 2 aromatic heterocycles. The van der Waals surface area contributed by atoms with Crippen LogP contribution in [0.15, 0.2) is 24.4 Å².